The Morgan fingerprint density at radius 2 is 1.85 bits per heavy atom. The monoisotopic (exact) mass is 188 g/mol. The molecule has 0 aromatic heterocycles. The lowest BCUT2D eigenvalue weighted by Crippen LogP contribution is -2.37. The standard InChI is InChI=1S/C10H20O3/c1-7(2)13-6-8(11)9(12)10(3,4)5/h7,9,12H,6H2,1-5H3. The third-order valence-corrected chi connectivity index (χ3v) is 1.68. The van der Waals surface area contributed by atoms with Crippen LogP contribution < -0.4 is 0 Å². The van der Waals surface area contributed by atoms with Crippen molar-refractivity contribution in [3.05, 3.63) is 0 Å². The van der Waals surface area contributed by atoms with Crippen molar-refractivity contribution in [1.29, 1.82) is 0 Å². The van der Waals surface area contributed by atoms with Crippen molar-refractivity contribution in [3.8, 4) is 0 Å². The van der Waals surface area contributed by atoms with Gasteiger partial charge in [0.2, 0.25) is 0 Å². The zero-order chi connectivity index (χ0) is 10.6. The van der Waals surface area contributed by atoms with E-state index in [0.29, 0.717) is 0 Å². The first kappa shape index (κ1) is 12.6. The molecule has 0 saturated heterocycles. The molecule has 1 atom stereocenters. The van der Waals surface area contributed by atoms with E-state index in [1.807, 2.05) is 34.6 Å². The van der Waals surface area contributed by atoms with Crippen molar-refractivity contribution >= 4 is 5.78 Å². The first-order chi connectivity index (χ1) is 5.75. The summed E-state index contributed by atoms with van der Waals surface area (Å²) in [6.45, 7) is 9.18. The Morgan fingerprint density at radius 1 is 1.38 bits per heavy atom. The number of carbonyl (C=O) groups is 1. The molecule has 0 spiro atoms. The van der Waals surface area contributed by atoms with Crippen LogP contribution in [-0.4, -0.2) is 29.7 Å². The molecule has 0 amide bonds. The Morgan fingerprint density at radius 3 is 2.15 bits per heavy atom. The SMILES string of the molecule is CC(C)OCC(=O)C(O)C(C)(C)C. The largest absolute Gasteiger partial charge is 0.385 e. The van der Waals surface area contributed by atoms with Crippen molar-refractivity contribution < 1.29 is 14.6 Å². The molecule has 0 saturated carbocycles. The fourth-order valence-corrected chi connectivity index (χ4v) is 0.811. The van der Waals surface area contributed by atoms with E-state index in [2.05, 4.69) is 0 Å². The molecule has 3 heteroatoms. The maximum Gasteiger partial charge on any atom is 0.187 e. The molecule has 1 unspecified atom stereocenters. The molecule has 0 heterocycles. The average Bonchev–Trinajstić information content (AvgIpc) is 1.96. The molecule has 0 aliphatic rings. The Labute approximate surface area is 80.1 Å². The minimum absolute atomic E-state index is 0.00387. The predicted octanol–water partition coefficient (Wildman–Crippen LogP) is 1.39. The van der Waals surface area contributed by atoms with Crippen LogP contribution in [0, 0.1) is 5.41 Å². The highest BCUT2D eigenvalue weighted by Gasteiger charge is 2.28. The van der Waals surface area contributed by atoms with Gasteiger partial charge in [0.05, 0.1) is 6.10 Å². The van der Waals surface area contributed by atoms with Gasteiger partial charge in [-0.15, -0.1) is 0 Å². The third kappa shape index (κ3) is 5.01. The number of aliphatic hydroxyl groups is 1. The van der Waals surface area contributed by atoms with Gasteiger partial charge in [-0.25, -0.2) is 0 Å². The van der Waals surface area contributed by atoms with Crippen LogP contribution in [0.2, 0.25) is 0 Å². The van der Waals surface area contributed by atoms with Crippen LogP contribution in [0.5, 0.6) is 0 Å². The van der Waals surface area contributed by atoms with Gasteiger partial charge in [-0.05, 0) is 19.3 Å². The third-order valence-electron chi connectivity index (χ3n) is 1.68. The van der Waals surface area contributed by atoms with Crippen molar-refractivity contribution in [2.24, 2.45) is 5.41 Å². The lowest BCUT2D eigenvalue weighted by molar-refractivity contribution is -0.138. The van der Waals surface area contributed by atoms with Gasteiger partial charge in [0, 0.05) is 0 Å². The molecular weight excluding hydrogens is 168 g/mol. The molecule has 0 bridgehead atoms. The minimum atomic E-state index is -0.939. The van der Waals surface area contributed by atoms with Crippen molar-refractivity contribution in [3.63, 3.8) is 0 Å². The van der Waals surface area contributed by atoms with Gasteiger partial charge in [0.1, 0.15) is 12.7 Å². The van der Waals surface area contributed by atoms with Crippen molar-refractivity contribution in [1.82, 2.24) is 0 Å². The first-order valence-electron chi connectivity index (χ1n) is 4.57. The number of ketones is 1. The molecule has 0 aliphatic heterocycles. The van der Waals surface area contributed by atoms with Gasteiger partial charge in [0.15, 0.2) is 5.78 Å². The molecule has 0 aliphatic carbocycles. The summed E-state index contributed by atoms with van der Waals surface area (Å²) in [4.78, 5) is 11.3. The molecule has 0 fully saturated rings. The lowest BCUT2D eigenvalue weighted by atomic mass is 9.87. The highest BCUT2D eigenvalue weighted by Crippen LogP contribution is 2.19. The molecule has 3 nitrogen and oxygen atoms in total. The number of ether oxygens (including phenoxy) is 1. The number of rotatable bonds is 4. The summed E-state index contributed by atoms with van der Waals surface area (Å²) in [5.41, 5.74) is -0.405. The van der Waals surface area contributed by atoms with Crippen LogP contribution in [0.4, 0.5) is 0 Å². The second-order valence-corrected chi connectivity index (χ2v) is 4.59. The fourth-order valence-electron chi connectivity index (χ4n) is 0.811. The zero-order valence-electron chi connectivity index (χ0n) is 9.13. The Kier molecular flexibility index (Phi) is 4.57. The number of hydrogen-bond acceptors (Lipinski definition) is 3. The van der Waals surface area contributed by atoms with E-state index in [9.17, 15) is 9.90 Å². The Balaban J connectivity index is 3.98. The zero-order valence-corrected chi connectivity index (χ0v) is 9.13. The molecule has 0 rings (SSSR count). The van der Waals surface area contributed by atoms with Crippen LogP contribution in [0.15, 0.2) is 0 Å². The highest BCUT2D eigenvalue weighted by atomic mass is 16.5. The van der Waals surface area contributed by atoms with Crippen LogP contribution in [0.1, 0.15) is 34.6 Å². The van der Waals surface area contributed by atoms with Gasteiger partial charge in [-0.2, -0.15) is 0 Å². The van der Waals surface area contributed by atoms with Crippen LogP contribution in [0.3, 0.4) is 0 Å². The number of hydrogen-bond donors (Lipinski definition) is 1. The van der Waals surface area contributed by atoms with E-state index in [4.69, 9.17) is 4.74 Å². The topological polar surface area (TPSA) is 46.5 Å². The second kappa shape index (κ2) is 4.72. The second-order valence-electron chi connectivity index (χ2n) is 4.59. The van der Waals surface area contributed by atoms with Crippen LogP contribution in [0.25, 0.3) is 0 Å². The van der Waals surface area contributed by atoms with Gasteiger partial charge in [0.25, 0.3) is 0 Å². The number of Topliss-reactive ketones (excluding diaryl/α,β-unsaturated/α-hetero) is 1. The van der Waals surface area contributed by atoms with Gasteiger partial charge in [-0.3, -0.25) is 4.79 Å². The van der Waals surface area contributed by atoms with Gasteiger partial charge in [-0.1, -0.05) is 20.8 Å². The predicted molar refractivity (Wildman–Crippen MR) is 51.6 cm³/mol. The quantitative estimate of drug-likeness (QED) is 0.725. The van der Waals surface area contributed by atoms with E-state index < -0.39 is 11.5 Å². The minimum Gasteiger partial charge on any atom is -0.385 e. The summed E-state index contributed by atoms with van der Waals surface area (Å²) in [5, 5.41) is 9.54. The molecule has 78 valence electrons. The summed E-state index contributed by atoms with van der Waals surface area (Å²) in [7, 11) is 0. The summed E-state index contributed by atoms with van der Waals surface area (Å²) < 4.78 is 5.11. The highest BCUT2D eigenvalue weighted by molar-refractivity contribution is 5.84. The van der Waals surface area contributed by atoms with E-state index in [0.717, 1.165) is 0 Å². The van der Waals surface area contributed by atoms with Crippen LogP contribution in [-0.2, 0) is 9.53 Å². The molecule has 0 aromatic rings. The van der Waals surface area contributed by atoms with E-state index in [-0.39, 0.29) is 18.5 Å². The Hall–Kier alpha value is -0.410. The van der Waals surface area contributed by atoms with E-state index >= 15 is 0 Å². The molecule has 1 N–H and O–H groups in total. The molecule has 0 aromatic carbocycles. The van der Waals surface area contributed by atoms with Crippen molar-refractivity contribution in [2.75, 3.05) is 6.61 Å². The maximum absolute atomic E-state index is 11.3. The van der Waals surface area contributed by atoms with E-state index in [1.54, 1.807) is 0 Å². The van der Waals surface area contributed by atoms with Gasteiger partial charge < -0.3 is 9.84 Å². The Bertz CT molecular complexity index is 167. The summed E-state index contributed by atoms with van der Waals surface area (Å²) in [5.74, 6) is -0.249. The molecule has 13 heavy (non-hydrogen) atoms. The summed E-state index contributed by atoms with van der Waals surface area (Å²) >= 11 is 0. The fraction of sp³-hybridized carbons (Fsp3) is 0.900. The molecular formula is C10H20O3. The number of carbonyl (C=O) groups excluding carboxylic acids is 1. The smallest absolute Gasteiger partial charge is 0.187 e. The normalized spacial score (nSPS) is 14.7. The summed E-state index contributed by atoms with van der Waals surface area (Å²) in [6, 6.07) is 0. The number of aliphatic hydroxyl groups excluding tert-OH is 1. The van der Waals surface area contributed by atoms with Crippen molar-refractivity contribution in [2.45, 2.75) is 46.8 Å². The van der Waals surface area contributed by atoms with Gasteiger partial charge >= 0.3 is 0 Å². The summed E-state index contributed by atoms with van der Waals surface area (Å²) in [6.07, 6.45) is -0.914. The molecule has 0 radical (unpaired) electrons. The first-order valence-corrected chi connectivity index (χ1v) is 4.57. The average molecular weight is 188 g/mol. The van der Waals surface area contributed by atoms with E-state index in [1.165, 1.54) is 0 Å². The van der Waals surface area contributed by atoms with Crippen LogP contribution >= 0.6 is 0 Å². The maximum atomic E-state index is 11.3. The lowest BCUT2D eigenvalue weighted by Gasteiger charge is -2.24.